The van der Waals surface area contributed by atoms with Crippen LogP contribution in [0.3, 0.4) is 0 Å². The summed E-state index contributed by atoms with van der Waals surface area (Å²) in [6.45, 7) is 1.70. The maximum absolute atomic E-state index is 13.8. The molecule has 10 heteroatoms. The van der Waals surface area contributed by atoms with Crippen molar-refractivity contribution in [2.75, 3.05) is 11.9 Å². The van der Waals surface area contributed by atoms with Gasteiger partial charge in [-0.05, 0) is 13.0 Å². The number of amides is 2. The van der Waals surface area contributed by atoms with Gasteiger partial charge in [0.2, 0.25) is 0 Å². The number of alkyl halides is 3. The maximum Gasteiger partial charge on any atom is 0.435 e. The molecule has 0 unspecified atom stereocenters. The van der Waals surface area contributed by atoms with E-state index in [0.717, 1.165) is 10.9 Å². The summed E-state index contributed by atoms with van der Waals surface area (Å²) in [5.41, 5.74) is -1.04. The molecule has 1 aliphatic heterocycles. The zero-order chi connectivity index (χ0) is 18.9. The van der Waals surface area contributed by atoms with Crippen LogP contribution in [-0.4, -0.2) is 22.4 Å². The van der Waals surface area contributed by atoms with E-state index in [2.05, 4.69) is 15.7 Å². The van der Waals surface area contributed by atoms with E-state index in [4.69, 9.17) is 4.74 Å². The average molecular weight is 372 g/mol. The van der Waals surface area contributed by atoms with Crippen molar-refractivity contribution in [3.8, 4) is 5.75 Å². The van der Waals surface area contributed by atoms with Gasteiger partial charge in [0, 0.05) is 18.5 Å². The minimum atomic E-state index is -4.66. The molecule has 1 aromatic carbocycles. The molecular weight excluding hydrogens is 356 g/mol. The molecule has 1 atom stereocenters. The number of hydrogen-bond acceptors (Lipinski definition) is 3. The number of aryl methyl sites for hydroxylation is 1. The minimum Gasteiger partial charge on any atom is -0.490 e. The van der Waals surface area contributed by atoms with E-state index in [1.807, 2.05) is 0 Å². The summed E-state index contributed by atoms with van der Waals surface area (Å²) < 4.78 is 59.3. The van der Waals surface area contributed by atoms with Gasteiger partial charge in [0.1, 0.15) is 0 Å². The number of anilines is 1. The van der Waals surface area contributed by atoms with Crippen molar-refractivity contribution in [3.05, 3.63) is 41.5 Å². The summed E-state index contributed by atoms with van der Waals surface area (Å²) in [5, 5.41) is 8.37. The first-order valence-corrected chi connectivity index (χ1v) is 7.93. The van der Waals surface area contributed by atoms with E-state index in [0.29, 0.717) is 12.0 Å². The third kappa shape index (κ3) is 3.44. The molecule has 0 aliphatic carbocycles. The number of hydrogen-bond donors (Lipinski definition) is 2. The van der Waals surface area contributed by atoms with Gasteiger partial charge in [-0.2, -0.15) is 18.3 Å². The Morgan fingerprint density at radius 3 is 2.88 bits per heavy atom. The molecule has 0 fully saturated rings. The van der Waals surface area contributed by atoms with Crippen molar-refractivity contribution >= 4 is 11.7 Å². The quantitative estimate of drug-likeness (QED) is 0.808. The fraction of sp³-hybridized carbons (Fsp3) is 0.375. The van der Waals surface area contributed by atoms with Gasteiger partial charge in [-0.3, -0.25) is 4.68 Å². The van der Waals surface area contributed by atoms with Gasteiger partial charge in [0.05, 0.1) is 24.5 Å². The van der Waals surface area contributed by atoms with Crippen LogP contribution in [0.15, 0.2) is 24.4 Å². The molecule has 2 N–H and O–H groups in total. The highest BCUT2D eigenvalue weighted by Crippen LogP contribution is 2.36. The Morgan fingerprint density at radius 1 is 1.42 bits per heavy atom. The molecular formula is C16H16F4N4O2. The highest BCUT2D eigenvalue weighted by atomic mass is 19.4. The normalized spacial score (nSPS) is 16.6. The molecule has 6 nitrogen and oxygen atoms in total. The van der Waals surface area contributed by atoms with E-state index in [1.54, 1.807) is 6.07 Å². The number of carbonyl (C=O) groups is 1. The monoisotopic (exact) mass is 372 g/mol. The SMILES string of the molecule is CCn1ncc(NC(=O)N[C@H]2CCOc3c(F)cccc32)c1C(F)(F)F. The molecule has 3 rings (SSSR count). The predicted octanol–water partition coefficient (Wildman–Crippen LogP) is 3.71. The zero-order valence-corrected chi connectivity index (χ0v) is 13.7. The number of halogens is 4. The van der Waals surface area contributed by atoms with Crippen molar-refractivity contribution in [2.45, 2.75) is 32.1 Å². The van der Waals surface area contributed by atoms with Crippen molar-refractivity contribution in [1.29, 1.82) is 0 Å². The number of fused-ring (bicyclic) bond motifs is 1. The molecule has 0 radical (unpaired) electrons. The van der Waals surface area contributed by atoms with Gasteiger partial charge in [-0.15, -0.1) is 0 Å². The lowest BCUT2D eigenvalue weighted by molar-refractivity contribution is -0.143. The lowest BCUT2D eigenvalue weighted by Crippen LogP contribution is -2.35. The molecule has 2 aromatic rings. The number of aromatic nitrogens is 2. The van der Waals surface area contributed by atoms with Crippen LogP contribution in [0.4, 0.5) is 28.0 Å². The summed E-state index contributed by atoms with van der Waals surface area (Å²) >= 11 is 0. The average Bonchev–Trinajstić information content (AvgIpc) is 2.98. The van der Waals surface area contributed by atoms with Gasteiger partial charge >= 0.3 is 12.2 Å². The number of benzene rings is 1. The van der Waals surface area contributed by atoms with Gasteiger partial charge in [-0.1, -0.05) is 12.1 Å². The molecule has 0 spiro atoms. The van der Waals surface area contributed by atoms with Crippen LogP contribution in [0.1, 0.15) is 30.6 Å². The van der Waals surface area contributed by atoms with Crippen molar-refractivity contribution in [1.82, 2.24) is 15.1 Å². The molecule has 2 amide bonds. The molecule has 1 aliphatic rings. The number of para-hydroxylation sites is 1. The molecule has 0 bridgehead atoms. The summed E-state index contributed by atoms with van der Waals surface area (Å²) in [6, 6.07) is 2.88. The van der Waals surface area contributed by atoms with Crippen molar-refractivity contribution in [2.24, 2.45) is 0 Å². The zero-order valence-electron chi connectivity index (χ0n) is 13.7. The largest absolute Gasteiger partial charge is 0.490 e. The van der Waals surface area contributed by atoms with Crippen LogP contribution >= 0.6 is 0 Å². The summed E-state index contributed by atoms with van der Waals surface area (Å²) in [4.78, 5) is 12.2. The summed E-state index contributed by atoms with van der Waals surface area (Å²) in [7, 11) is 0. The summed E-state index contributed by atoms with van der Waals surface area (Å²) in [5.74, 6) is -0.517. The first kappa shape index (κ1) is 18.0. The third-order valence-electron chi connectivity index (χ3n) is 3.99. The standard InChI is InChI=1S/C16H16F4N4O2/c1-2-24-14(16(18,19)20)12(8-21-24)23-15(25)22-11-6-7-26-13-9(11)4-3-5-10(13)17/h3-5,8,11H,2,6-7H2,1H3,(H2,22,23,25)/t11-/m0/s1. The lowest BCUT2D eigenvalue weighted by Gasteiger charge is -2.27. The Balaban J connectivity index is 1.78. The molecule has 26 heavy (non-hydrogen) atoms. The van der Waals surface area contributed by atoms with Crippen LogP contribution < -0.4 is 15.4 Å². The Hall–Kier alpha value is -2.78. The Labute approximate surface area is 146 Å². The van der Waals surface area contributed by atoms with Crippen LogP contribution in [0, 0.1) is 5.82 Å². The fourth-order valence-electron chi connectivity index (χ4n) is 2.87. The Morgan fingerprint density at radius 2 is 2.19 bits per heavy atom. The van der Waals surface area contributed by atoms with Gasteiger partial charge in [0.15, 0.2) is 17.3 Å². The second-order valence-electron chi connectivity index (χ2n) is 5.67. The molecule has 0 saturated carbocycles. The van der Waals surface area contributed by atoms with Crippen molar-refractivity contribution in [3.63, 3.8) is 0 Å². The topological polar surface area (TPSA) is 68.2 Å². The van der Waals surface area contributed by atoms with Crippen LogP contribution in [0.25, 0.3) is 0 Å². The predicted molar refractivity (Wildman–Crippen MR) is 84.3 cm³/mol. The number of nitrogens with one attached hydrogen (secondary N) is 2. The van der Waals surface area contributed by atoms with Gasteiger partial charge in [0.25, 0.3) is 0 Å². The first-order valence-electron chi connectivity index (χ1n) is 7.93. The van der Waals surface area contributed by atoms with E-state index >= 15 is 0 Å². The Bertz CT molecular complexity index is 819. The highest BCUT2D eigenvalue weighted by Gasteiger charge is 2.38. The molecule has 2 heterocycles. The van der Waals surface area contributed by atoms with E-state index in [-0.39, 0.29) is 18.9 Å². The van der Waals surface area contributed by atoms with E-state index < -0.39 is 35.4 Å². The van der Waals surface area contributed by atoms with Crippen LogP contribution in [0.5, 0.6) is 5.75 Å². The second-order valence-corrected chi connectivity index (χ2v) is 5.67. The number of nitrogens with zero attached hydrogens (tertiary/aromatic N) is 2. The second kappa shape index (κ2) is 6.85. The third-order valence-corrected chi connectivity index (χ3v) is 3.99. The number of rotatable bonds is 3. The number of urea groups is 1. The smallest absolute Gasteiger partial charge is 0.435 e. The van der Waals surface area contributed by atoms with Gasteiger partial charge < -0.3 is 15.4 Å². The van der Waals surface area contributed by atoms with Crippen molar-refractivity contribution < 1.29 is 27.1 Å². The Kier molecular flexibility index (Phi) is 4.75. The van der Waals surface area contributed by atoms with Crippen LogP contribution in [0.2, 0.25) is 0 Å². The lowest BCUT2D eigenvalue weighted by atomic mass is 10.0. The molecule has 0 saturated heterocycles. The van der Waals surface area contributed by atoms with Crippen LogP contribution in [-0.2, 0) is 12.7 Å². The number of carbonyl (C=O) groups excluding carboxylic acids is 1. The number of ether oxygens (including phenoxy) is 1. The minimum absolute atomic E-state index is 0.00472. The van der Waals surface area contributed by atoms with Gasteiger partial charge in [-0.25, -0.2) is 9.18 Å². The van der Waals surface area contributed by atoms with E-state index in [9.17, 15) is 22.4 Å². The molecule has 1 aromatic heterocycles. The maximum atomic E-state index is 13.8. The van der Waals surface area contributed by atoms with E-state index in [1.165, 1.54) is 19.1 Å². The summed E-state index contributed by atoms with van der Waals surface area (Å²) in [6.07, 6.45) is -3.35. The molecule has 140 valence electrons. The highest BCUT2D eigenvalue weighted by molar-refractivity contribution is 5.90. The first-order chi connectivity index (χ1) is 12.3. The fourth-order valence-corrected chi connectivity index (χ4v) is 2.87.